The van der Waals surface area contributed by atoms with Gasteiger partial charge in [0.1, 0.15) is 6.20 Å². The highest BCUT2D eigenvalue weighted by atomic mass is 16.6. The van der Waals surface area contributed by atoms with Crippen molar-refractivity contribution in [1.82, 2.24) is 10.3 Å². The molecule has 0 spiro atoms. The second-order valence-corrected chi connectivity index (χ2v) is 4.25. The molecule has 2 rings (SSSR count). The lowest BCUT2D eigenvalue weighted by Gasteiger charge is -2.07. The number of nitrogens with one attached hydrogen (secondary N) is 1. The highest BCUT2D eigenvalue weighted by molar-refractivity contribution is 5.95. The van der Waals surface area contributed by atoms with Crippen LogP contribution in [0.4, 0.5) is 5.69 Å². The summed E-state index contributed by atoms with van der Waals surface area (Å²) in [6, 6.07) is 10.7. The van der Waals surface area contributed by atoms with Crippen LogP contribution < -0.4 is 5.32 Å². The lowest BCUT2D eigenvalue weighted by atomic mass is 10.1. The van der Waals surface area contributed by atoms with E-state index in [1.54, 1.807) is 6.92 Å². The highest BCUT2D eigenvalue weighted by Crippen LogP contribution is 2.14. The summed E-state index contributed by atoms with van der Waals surface area (Å²) >= 11 is 0. The van der Waals surface area contributed by atoms with E-state index in [0.29, 0.717) is 12.2 Å². The van der Waals surface area contributed by atoms with E-state index in [9.17, 15) is 14.9 Å². The zero-order valence-corrected chi connectivity index (χ0v) is 10.9. The lowest BCUT2D eigenvalue weighted by Crippen LogP contribution is -2.24. The van der Waals surface area contributed by atoms with Crippen LogP contribution in [0.5, 0.6) is 0 Å². The molecule has 6 heteroatoms. The maximum Gasteiger partial charge on any atom is 0.288 e. The Labute approximate surface area is 115 Å². The number of hydrogen-bond acceptors (Lipinski definition) is 4. The van der Waals surface area contributed by atoms with Crippen LogP contribution in [0.3, 0.4) is 0 Å². The summed E-state index contributed by atoms with van der Waals surface area (Å²) in [7, 11) is 0. The minimum atomic E-state index is -0.569. The van der Waals surface area contributed by atoms with E-state index in [1.807, 2.05) is 30.3 Å². The third-order valence-electron chi connectivity index (χ3n) is 2.82. The topological polar surface area (TPSA) is 85.1 Å². The molecule has 0 aliphatic rings. The van der Waals surface area contributed by atoms with Crippen molar-refractivity contribution in [1.29, 1.82) is 0 Å². The monoisotopic (exact) mass is 271 g/mol. The average molecular weight is 271 g/mol. The van der Waals surface area contributed by atoms with Crippen LogP contribution in [-0.4, -0.2) is 15.8 Å². The fraction of sp³-hybridized carbons (Fsp3) is 0.143. The second-order valence-electron chi connectivity index (χ2n) is 4.25. The summed E-state index contributed by atoms with van der Waals surface area (Å²) in [6.45, 7) is 2.00. The molecule has 6 nitrogen and oxygen atoms in total. The molecule has 0 fully saturated rings. The number of amides is 1. The van der Waals surface area contributed by atoms with Gasteiger partial charge in [0.05, 0.1) is 16.2 Å². The third-order valence-corrected chi connectivity index (χ3v) is 2.82. The van der Waals surface area contributed by atoms with E-state index in [1.165, 1.54) is 6.07 Å². The number of aromatic nitrogens is 1. The summed E-state index contributed by atoms with van der Waals surface area (Å²) in [5.41, 5.74) is 1.44. The standard InChI is InChI=1S/C14H13N3O3/c1-10-13(7-12(9-15-10)17(19)20)14(18)16-8-11-5-3-2-4-6-11/h2-7,9H,8H2,1H3,(H,16,18). The lowest BCUT2D eigenvalue weighted by molar-refractivity contribution is -0.385. The van der Waals surface area contributed by atoms with Gasteiger partial charge in [-0.2, -0.15) is 0 Å². The summed E-state index contributed by atoms with van der Waals surface area (Å²) < 4.78 is 0. The van der Waals surface area contributed by atoms with E-state index in [4.69, 9.17) is 0 Å². The van der Waals surface area contributed by atoms with Gasteiger partial charge in [-0.25, -0.2) is 0 Å². The molecule has 0 aliphatic carbocycles. The number of hydrogen-bond donors (Lipinski definition) is 1. The minimum absolute atomic E-state index is 0.194. The Balaban J connectivity index is 2.13. The fourth-order valence-electron chi connectivity index (χ4n) is 1.73. The summed E-state index contributed by atoms with van der Waals surface area (Å²) in [5.74, 6) is -0.373. The van der Waals surface area contributed by atoms with Gasteiger partial charge < -0.3 is 5.32 Å². The number of carbonyl (C=O) groups is 1. The molecule has 0 saturated heterocycles. The fourth-order valence-corrected chi connectivity index (χ4v) is 1.73. The minimum Gasteiger partial charge on any atom is -0.348 e. The highest BCUT2D eigenvalue weighted by Gasteiger charge is 2.15. The van der Waals surface area contributed by atoms with Crippen LogP contribution in [-0.2, 0) is 6.54 Å². The van der Waals surface area contributed by atoms with Gasteiger partial charge in [-0.15, -0.1) is 0 Å². The van der Waals surface area contributed by atoms with Crippen LogP contribution in [0.15, 0.2) is 42.6 Å². The first-order valence-electron chi connectivity index (χ1n) is 6.01. The van der Waals surface area contributed by atoms with Crippen molar-refractivity contribution in [2.24, 2.45) is 0 Å². The Morgan fingerprint density at radius 1 is 1.35 bits per heavy atom. The number of rotatable bonds is 4. The largest absolute Gasteiger partial charge is 0.348 e. The first-order valence-corrected chi connectivity index (χ1v) is 6.01. The Morgan fingerprint density at radius 2 is 2.05 bits per heavy atom. The third kappa shape index (κ3) is 3.17. The van der Waals surface area contributed by atoms with Gasteiger partial charge in [0.25, 0.3) is 11.6 Å². The van der Waals surface area contributed by atoms with E-state index >= 15 is 0 Å². The van der Waals surface area contributed by atoms with Crippen molar-refractivity contribution >= 4 is 11.6 Å². The number of nitro groups is 1. The molecule has 0 aliphatic heterocycles. The van der Waals surface area contributed by atoms with Crippen LogP contribution in [0.2, 0.25) is 0 Å². The molecular formula is C14H13N3O3. The number of benzene rings is 1. The Hall–Kier alpha value is -2.76. The van der Waals surface area contributed by atoms with Crippen LogP contribution >= 0.6 is 0 Å². The molecule has 0 atom stereocenters. The summed E-state index contributed by atoms with van der Waals surface area (Å²) in [4.78, 5) is 26.0. The van der Waals surface area contributed by atoms with E-state index in [2.05, 4.69) is 10.3 Å². The predicted molar refractivity (Wildman–Crippen MR) is 73.2 cm³/mol. The maximum absolute atomic E-state index is 12.0. The van der Waals surface area contributed by atoms with Crippen LogP contribution in [0.1, 0.15) is 21.6 Å². The van der Waals surface area contributed by atoms with Gasteiger partial charge in [0.15, 0.2) is 0 Å². The molecule has 20 heavy (non-hydrogen) atoms. The summed E-state index contributed by atoms with van der Waals surface area (Å²) in [5, 5.41) is 13.4. The molecular weight excluding hydrogens is 258 g/mol. The predicted octanol–water partition coefficient (Wildman–Crippen LogP) is 2.23. The maximum atomic E-state index is 12.0. The first kappa shape index (κ1) is 13.7. The van der Waals surface area contributed by atoms with E-state index < -0.39 is 4.92 Å². The zero-order chi connectivity index (χ0) is 14.5. The molecule has 102 valence electrons. The summed E-state index contributed by atoms with van der Waals surface area (Å²) in [6.07, 6.45) is 1.14. The van der Waals surface area contributed by atoms with Crippen molar-refractivity contribution in [2.75, 3.05) is 0 Å². The zero-order valence-electron chi connectivity index (χ0n) is 10.9. The van der Waals surface area contributed by atoms with Crippen LogP contribution in [0.25, 0.3) is 0 Å². The van der Waals surface area contributed by atoms with Crippen LogP contribution in [0, 0.1) is 17.0 Å². The van der Waals surface area contributed by atoms with Gasteiger partial charge in [-0.3, -0.25) is 19.9 Å². The normalized spacial score (nSPS) is 10.1. The molecule has 1 amide bonds. The van der Waals surface area contributed by atoms with Gasteiger partial charge >= 0.3 is 0 Å². The molecule has 1 aromatic carbocycles. The van der Waals surface area contributed by atoms with Crippen molar-refractivity contribution in [3.63, 3.8) is 0 Å². The average Bonchev–Trinajstić information content (AvgIpc) is 2.46. The number of pyridine rings is 1. The molecule has 0 bridgehead atoms. The SMILES string of the molecule is Cc1ncc([N+](=O)[O-])cc1C(=O)NCc1ccccc1. The van der Waals surface area contributed by atoms with Crippen molar-refractivity contribution in [3.8, 4) is 0 Å². The smallest absolute Gasteiger partial charge is 0.288 e. The van der Waals surface area contributed by atoms with Gasteiger partial charge in [-0.05, 0) is 12.5 Å². The Morgan fingerprint density at radius 3 is 2.70 bits per heavy atom. The number of carbonyl (C=O) groups excluding carboxylic acids is 1. The molecule has 0 radical (unpaired) electrons. The van der Waals surface area contributed by atoms with Crippen molar-refractivity contribution in [2.45, 2.75) is 13.5 Å². The van der Waals surface area contributed by atoms with Gasteiger partial charge in [0, 0.05) is 12.6 Å². The Kier molecular flexibility index (Phi) is 4.05. The van der Waals surface area contributed by atoms with E-state index in [-0.39, 0.29) is 17.2 Å². The molecule has 1 aromatic heterocycles. The van der Waals surface area contributed by atoms with E-state index in [0.717, 1.165) is 11.8 Å². The second kappa shape index (κ2) is 5.92. The van der Waals surface area contributed by atoms with Gasteiger partial charge in [0.2, 0.25) is 0 Å². The molecule has 1 heterocycles. The first-order chi connectivity index (χ1) is 9.58. The quantitative estimate of drug-likeness (QED) is 0.682. The Bertz CT molecular complexity index is 641. The number of aryl methyl sites for hydroxylation is 1. The van der Waals surface area contributed by atoms with Crippen molar-refractivity contribution in [3.05, 3.63) is 69.5 Å². The number of nitrogens with zero attached hydrogens (tertiary/aromatic N) is 2. The molecule has 2 aromatic rings. The molecule has 1 N–H and O–H groups in total. The molecule has 0 unspecified atom stereocenters. The van der Waals surface area contributed by atoms with Gasteiger partial charge in [-0.1, -0.05) is 30.3 Å². The van der Waals surface area contributed by atoms with Crippen molar-refractivity contribution < 1.29 is 9.72 Å². The molecule has 0 saturated carbocycles.